The molecule has 1 aliphatic heterocycles. The van der Waals surface area contributed by atoms with Crippen LogP contribution in [0.15, 0.2) is 11.1 Å². The van der Waals surface area contributed by atoms with Crippen LogP contribution in [0.5, 0.6) is 0 Å². The van der Waals surface area contributed by atoms with E-state index in [0.717, 1.165) is 0 Å². The number of carbonyl (C=O) groups excluding carboxylic acids is 1. The first kappa shape index (κ1) is 7.48. The lowest BCUT2D eigenvalue weighted by Crippen LogP contribution is -1.99. The molecule has 0 saturated carbocycles. The summed E-state index contributed by atoms with van der Waals surface area (Å²) in [7, 11) is -3.15. The second-order valence-electron chi connectivity index (χ2n) is 2.57. The quantitative estimate of drug-likeness (QED) is 0.553. The van der Waals surface area contributed by atoms with Crippen LogP contribution < -0.4 is 0 Å². The maximum absolute atomic E-state index is 11.2. The van der Waals surface area contributed by atoms with Gasteiger partial charge in [-0.2, -0.15) is 5.10 Å². The van der Waals surface area contributed by atoms with Crippen LogP contribution >= 0.6 is 0 Å². The van der Waals surface area contributed by atoms with Gasteiger partial charge in [0.15, 0.2) is 21.1 Å². The Kier molecular flexibility index (Phi) is 1.35. The Bertz CT molecular complexity index is 432. The SMILES string of the molecule is O=Cc1cc2n(n1)CCS2(=O)=O. The molecule has 0 amide bonds. The Balaban J connectivity index is 2.66. The summed E-state index contributed by atoms with van der Waals surface area (Å²) < 4.78 is 23.8. The molecule has 0 aliphatic carbocycles. The molecule has 1 aromatic rings. The lowest BCUT2D eigenvalue weighted by Gasteiger charge is -1.86. The van der Waals surface area contributed by atoms with E-state index in [2.05, 4.69) is 5.10 Å². The van der Waals surface area contributed by atoms with Gasteiger partial charge < -0.3 is 0 Å². The predicted octanol–water partition coefficient (Wildman–Crippen LogP) is -0.517. The van der Waals surface area contributed by atoms with Crippen LogP contribution in [0.25, 0.3) is 0 Å². The predicted molar refractivity (Wildman–Crippen MR) is 39.7 cm³/mol. The molecule has 1 aromatic heterocycles. The number of rotatable bonds is 1. The summed E-state index contributed by atoms with van der Waals surface area (Å²) in [6.07, 6.45) is 0.542. The maximum Gasteiger partial charge on any atom is 0.197 e. The average Bonchev–Trinajstić information content (AvgIpc) is 2.53. The fourth-order valence-corrected chi connectivity index (χ4v) is 2.57. The van der Waals surface area contributed by atoms with E-state index in [1.165, 1.54) is 10.7 Å². The summed E-state index contributed by atoms with van der Waals surface area (Å²) in [6, 6.07) is 1.30. The normalized spacial score (nSPS) is 19.0. The number of fused-ring (bicyclic) bond motifs is 1. The van der Waals surface area contributed by atoms with E-state index in [1.807, 2.05) is 0 Å². The summed E-state index contributed by atoms with van der Waals surface area (Å²) in [4.78, 5) is 10.3. The van der Waals surface area contributed by atoms with Gasteiger partial charge in [0.25, 0.3) is 0 Å². The van der Waals surface area contributed by atoms with E-state index in [4.69, 9.17) is 0 Å². The molecule has 1 aliphatic rings. The maximum atomic E-state index is 11.2. The van der Waals surface area contributed by atoms with Gasteiger partial charge in [-0.1, -0.05) is 0 Å². The minimum absolute atomic E-state index is 0.0917. The molecule has 12 heavy (non-hydrogen) atoms. The van der Waals surface area contributed by atoms with Crippen LogP contribution in [0.3, 0.4) is 0 Å². The smallest absolute Gasteiger partial charge is 0.197 e. The molecule has 0 bridgehead atoms. The minimum atomic E-state index is -3.15. The Morgan fingerprint density at radius 2 is 2.33 bits per heavy atom. The molecule has 0 atom stereocenters. The van der Waals surface area contributed by atoms with Crippen molar-refractivity contribution in [2.75, 3.05) is 5.75 Å². The summed E-state index contributed by atoms with van der Waals surface area (Å²) in [5.41, 5.74) is 0.174. The first-order chi connectivity index (χ1) is 5.63. The fourth-order valence-electron chi connectivity index (χ4n) is 1.20. The third-order valence-electron chi connectivity index (χ3n) is 1.77. The summed E-state index contributed by atoms with van der Waals surface area (Å²) in [6.45, 7) is 0.353. The first-order valence-electron chi connectivity index (χ1n) is 3.39. The minimum Gasteiger partial charge on any atom is -0.296 e. The molecule has 5 nitrogen and oxygen atoms in total. The highest BCUT2D eigenvalue weighted by molar-refractivity contribution is 7.91. The highest BCUT2D eigenvalue weighted by Crippen LogP contribution is 2.18. The number of hydrogen-bond acceptors (Lipinski definition) is 4. The van der Waals surface area contributed by atoms with Crippen molar-refractivity contribution in [1.29, 1.82) is 0 Å². The zero-order valence-corrected chi connectivity index (χ0v) is 6.91. The highest BCUT2D eigenvalue weighted by Gasteiger charge is 2.27. The van der Waals surface area contributed by atoms with Crippen LogP contribution in [0.1, 0.15) is 10.5 Å². The molecular formula is C6H6N2O3S. The van der Waals surface area contributed by atoms with E-state index in [1.54, 1.807) is 0 Å². The lowest BCUT2D eigenvalue weighted by atomic mass is 10.5. The third kappa shape index (κ3) is 0.878. The zero-order valence-electron chi connectivity index (χ0n) is 6.10. The lowest BCUT2D eigenvalue weighted by molar-refractivity contribution is 0.111. The van der Waals surface area contributed by atoms with E-state index in [-0.39, 0.29) is 16.5 Å². The number of aldehydes is 1. The Morgan fingerprint density at radius 1 is 1.58 bits per heavy atom. The van der Waals surface area contributed by atoms with Crippen molar-refractivity contribution in [2.24, 2.45) is 0 Å². The number of aromatic nitrogens is 2. The highest BCUT2D eigenvalue weighted by atomic mass is 32.2. The standard InChI is InChI=1S/C6H6N2O3S/c9-4-5-3-6-8(7-5)1-2-12(6,10)11/h3-4H,1-2H2. The van der Waals surface area contributed by atoms with Crippen LogP contribution in [-0.2, 0) is 16.4 Å². The van der Waals surface area contributed by atoms with Gasteiger partial charge in [0, 0.05) is 6.07 Å². The average molecular weight is 186 g/mol. The molecule has 0 aromatic carbocycles. The van der Waals surface area contributed by atoms with E-state index in [0.29, 0.717) is 12.8 Å². The number of nitrogens with zero attached hydrogens (tertiary/aromatic N) is 2. The summed E-state index contributed by atoms with van der Waals surface area (Å²) in [5, 5.41) is 3.93. The second kappa shape index (κ2) is 2.16. The van der Waals surface area contributed by atoms with Crippen LogP contribution in [0.4, 0.5) is 0 Å². The molecule has 6 heteroatoms. The van der Waals surface area contributed by atoms with Gasteiger partial charge in [-0.15, -0.1) is 0 Å². The van der Waals surface area contributed by atoms with Crippen molar-refractivity contribution in [2.45, 2.75) is 11.6 Å². The third-order valence-corrected chi connectivity index (χ3v) is 3.46. The molecule has 0 N–H and O–H groups in total. The van der Waals surface area contributed by atoms with Gasteiger partial charge in [-0.3, -0.25) is 9.48 Å². The fraction of sp³-hybridized carbons (Fsp3) is 0.333. The Hall–Kier alpha value is -1.17. The van der Waals surface area contributed by atoms with E-state index < -0.39 is 9.84 Å². The van der Waals surface area contributed by atoms with Crippen molar-refractivity contribution >= 4 is 16.1 Å². The van der Waals surface area contributed by atoms with Gasteiger partial charge in [0.05, 0.1) is 12.3 Å². The number of hydrogen-bond donors (Lipinski definition) is 0. The van der Waals surface area contributed by atoms with Crippen molar-refractivity contribution in [3.8, 4) is 0 Å². The molecule has 0 radical (unpaired) electrons. The van der Waals surface area contributed by atoms with E-state index >= 15 is 0 Å². The summed E-state index contributed by atoms with van der Waals surface area (Å²) in [5.74, 6) is 0.0917. The largest absolute Gasteiger partial charge is 0.296 e. The van der Waals surface area contributed by atoms with Crippen LogP contribution in [-0.4, -0.2) is 30.2 Å². The molecule has 0 saturated heterocycles. The summed E-state index contributed by atoms with van der Waals surface area (Å²) >= 11 is 0. The van der Waals surface area contributed by atoms with E-state index in [9.17, 15) is 13.2 Å². The van der Waals surface area contributed by atoms with Gasteiger partial charge in [0.1, 0.15) is 5.69 Å². The molecule has 0 fully saturated rings. The second-order valence-corrected chi connectivity index (χ2v) is 4.62. The zero-order chi connectivity index (χ0) is 8.77. The molecular weight excluding hydrogens is 180 g/mol. The van der Waals surface area contributed by atoms with Crippen molar-refractivity contribution in [3.05, 3.63) is 11.8 Å². The van der Waals surface area contributed by atoms with Gasteiger partial charge in [0.2, 0.25) is 0 Å². The topological polar surface area (TPSA) is 69.0 Å². The Labute approximate surface area is 68.9 Å². The Morgan fingerprint density at radius 3 is 2.92 bits per heavy atom. The van der Waals surface area contributed by atoms with Crippen molar-refractivity contribution < 1.29 is 13.2 Å². The molecule has 64 valence electrons. The van der Waals surface area contributed by atoms with Crippen molar-refractivity contribution in [1.82, 2.24) is 9.78 Å². The van der Waals surface area contributed by atoms with Crippen LogP contribution in [0.2, 0.25) is 0 Å². The molecule has 2 rings (SSSR count). The monoisotopic (exact) mass is 186 g/mol. The van der Waals surface area contributed by atoms with Crippen LogP contribution in [0, 0.1) is 0 Å². The number of aryl methyl sites for hydroxylation is 1. The molecule has 2 heterocycles. The van der Waals surface area contributed by atoms with Gasteiger partial charge in [-0.05, 0) is 0 Å². The van der Waals surface area contributed by atoms with Gasteiger partial charge in [-0.25, -0.2) is 8.42 Å². The van der Waals surface area contributed by atoms with Crippen molar-refractivity contribution in [3.63, 3.8) is 0 Å². The van der Waals surface area contributed by atoms with Gasteiger partial charge >= 0.3 is 0 Å². The molecule has 0 spiro atoms. The first-order valence-corrected chi connectivity index (χ1v) is 5.04. The number of carbonyl (C=O) groups is 1. The number of sulfone groups is 1. The molecule has 0 unspecified atom stereocenters.